The number of fused-ring (bicyclic) bond motifs is 1. The van der Waals surface area contributed by atoms with Gasteiger partial charge in [0, 0.05) is 23.9 Å². The summed E-state index contributed by atoms with van der Waals surface area (Å²) in [7, 11) is 1.53. The van der Waals surface area contributed by atoms with Crippen LogP contribution in [-0.4, -0.2) is 19.5 Å². The molecule has 0 fully saturated rings. The lowest BCUT2D eigenvalue weighted by atomic mass is 9.97. The molecule has 4 heteroatoms. The van der Waals surface area contributed by atoms with E-state index < -0.39 is 5.72 Å². The highest BCUT2D eigenvalue weighted by Gasteiger charge is 2.47. The maximum atomic E-state index is 12.7. The fraction of sp³-hybridized carbons (Fsp3) is 0.235. The molecule has 3 rings (SSSR count). The van der Waals surface area contributed by atoms with Gasteiger partial charge in [-0.1, -0.05) is 24.3 Å². The third-order valence-corrected chi connectivity index (χ3v) is 3.68. The lowest BCUT2D eigenvalue weighted by Gasteiger charge is -2.27. The molecule has 0 aliphatic carbocycles. The summed E-state index contributed by atoms with van der Waals surface area (Å²) in [6.45, 7) is 2.54. The number of ether oxygens (including phenoxy) is 2. The molecule has 1 aliphatic heterocycles. The van der Waals surface area contributed by atoms with Gasteiger partial charge in [-0.05, 0) is 31.2 Å². The second-order valence-electron chi connectivity index (χ2n) is 4.84. The summed E-state index contributed by atoms with van der Waals surface area (Å²) in [6.07, 6.45) is 0. The van der Waals surface area contributed by atoms with Crippen LogP contribution < -0.4 is 10.1 Å². The van der Waals surface area contributed by atoms with Crippen LogP contribution in [0.5, 0.6) is 5.75 Å². The predicted molar refractivity (Wildman–Crippen MR) is 80.7 cm³/mol. The van der Waals surface area contributed by atoms with Crippen molar-refractivity contribution in [3.8, 4) is 5.75 Å². The number of carbonyl (C=O) groups is 1. The van der Waals surface area contributed by atoms with Crippen molar-refractivity contribution in [3.05, 3.63) is 59.7 Å². The zero-order chi connectivity index (χ0) is 14.9. The molecule has 1 aliphatic rings. The maximum absolute atomic E-state index is 12.7. The van der Waals surface area contributed by atoms with E-state index in [0.29, 0.717) is 12.2 Å². The van der Waals surface area contributed by atoms with Gasteiger partial charge in [0.05, 0.1) is 6.61 Å². The van der Waals surface area contributed by atoms with E-state index in [-0.39, 0.29) is 5.78 Å². The van der Waals surface area contributed by atoms with Gasteiger partial charge in [-0.3, -0.25) is 4.79 Å². The number of methoxy groups -OCH3 is 1. The summed E-state index contributed by atoms with van der Waals surface area (Å²) in [4.78, 5) is 12.7. The number of benzene rings is 2. The second-order valence-corrected chi connectivity index (χ2v) is 4.84. The molecule has 108 valence electrons. The van der Waals surface area contributed by atoms with Gasteiger partial charge in [0.15, 0.2) is 0 Å². The number of Topliss-reactive ketones (excluding diaryl/α,β-unsaturated/α-hetero) is 1. The third kappa shape index (κ3) is 2.08. The molecule has 0 saturated heterocycles. The van der Waals surface area contributed by atoms with Gasteiger partial charge < -0.3 is 14.8 Å². The molecule has 1 heterocycles. The Balaban J connectivity index is 2.01. The first-order chi connectivity index (χ1) is 10.2. The van der Waals surface area contributed by atoms with Crippen molar-refractivity contribution >= 4 is 11.5 Å². The molecule has 2 aromatic rings. The quantitative estimate of drug-likeness (QED) is 0.936. The van der Waals surface area contributed by atoms with Crippen molar-refractivity contribution < 1.29 is 14.3 Å². The van der Waals surface area contributed by atoms with Crippen LogP contribution in [-0.2, 0) is 10.5 Å². The molecule has 0 spiro atoms. The minimum atomic E-state index is -1.16. The molecule has 4 nitrogen and oxygen atoms in total. The lowest BCUT2D eigenvalue weighted by molar-refractivity contribution is 0.0194. The van der Waals surface area contributed by atoms with E-state index in [0.717, 1.165) is 17.0 Å². The van der Waals surface area contributed by atoms with Crippen LogP contribution in [0.15, 0.2) is 48.5 Å². The maximum Gasteiger partial charge on any atom is 0.230 e. The van der Waals surface area contributed by atoms with Crippen molar-refractivity contribution in [2.24, 2.45) is 0 Å². The number of hydrogen-bond donors (Lipinski definition) is 1. The van der Waals surface area contributed by atoms with Crippen LogP contribution in [0.2, 0.25) is 0 Å². The molecular weight excluding hydrogens is 266 g/mol. The number of nitrogens with one attached hydrogen (secondary N) is 1. The highest BCUT2D eigenvalue weighted by Crippen LogP contribution is 2.39. The molecule has 1 N–H and O–H groups in total. The Morgan fingerprint density at radius 3 is 2.43 bits per heavy atom. The number of anilines is 1. The molecule has 2 aromatic carbocycles. The molecule has 0 radical (unpaired) electrons. The van der Waals surface area contributed by atoms with Gasteiger partial charge in [0.2, 0.25) is 11.5 Å². The van der Waals surface area contributed by atoms with Crippen LogP contribution >= 0.6 is 0 Å². The number of para-hydroxylation sites is 1. The number of ketones is 1. The highest BCUT2D eigenvalue weighted by atomic mass is 16.5. The first-order valence-corrected chi connectivity index (χ1v) is 6.92. The average molecular weight is 283 g/mol. The lowest BCUT2D eigenvalue weighted by Crippen LogP contribution is -2.40. The standard InChI is InChI=1S/C17H17NO3/c1-3-21-13-10-8-12(9-11-13)17(20-2)16(19)14-6-4-5-7-15(14)18-17/h4-11,18H,3H2,1-2H3. The Morgan fingerprint density at radius 1 is 1.10 bits per heavy atom. The Kier molecular flexibility index (Phi) is 3.39. The van der Waals surface area contributed by atoms with Gasteiger partial charge in [-0.2, -0.15) is 0 Å². The van der Waals surface area contributed by atoms with E-state index in [2.05, 4.69) is 5.32 Å². The van der Waals surface area contributed by atoms with Crippen LogP contribution in [0.1, 0.15) is 22.8 Å². The minimum Gasteiger partial charge on any atom is -0.494 e. The van der Waals surface area contributed by atoms with Crippen molar-refractivity contribution in [1.29, 1.82) is 0 Å². The van der Waals surface area contributed by atoms with E-state index in [1.54, 1.807) is 6.07 Å². The first-order valence-electron chi connectivity index (χ1n) is 6.92. The Labute approximate surface area is 123 Å². The molecule has 0 amide bonds. The summed E-state index contributed by atoms with van der Waals surface area (Å²) in [6, 6.07) is 14.8. The van der Waals surface area contributed by atoms with Crippen LogP contribution in [0, 0.1) is 0 Å². The summed E-state index contributed by atoms with van der Waals surface area (Å²) in [5.74, 6) is 0.695. The van der Waals surface area contributed by atoms with E-state index in [9.17, 15) is 4.79 Å². The molecule has 1 atom stereocenters. The Morgan fingerprint density at radius 2 is 1.81 bits per heavy atom. The predicted octanol–water partition coefficient (Wildman–Crippen LogP) is 3.19. The number of carbonyl (C=O) groups excluding carboxylic acids is 1. The summed E-state index contributed by atoms with van der Waals surface area (Å²) >= 11 is 0. The average Bonchev–Trinajstić information content (AvgIpc) is 2.82. The molecule has 0 bridgehead atoms. The van der Waals surface area contributed by atoms with Gasteiger partial charge >= 0.3 is 0 Å². The topological polar surface area (TPSA) is 47.6 Å². The van der Waals surface area contributed by atoms with Gasteiger partial charge in [-0.25, -0.2) is 0 Å². The van der Waals surface area contributed by atoms with Gasteiger partial charge in [-0.15, -0.1) is 0 Å². The van der Waals surface area contributed by atoms with Gasteiger partial charge in [0.1, 0.15) is 5.75 Å². The summed E-state index contributed by atoms with van der Waals surface area (Å²) in [5, 5.41) is 3.20. The largest absolute Gasteiger partial charge is 0.494 e. The van der Waals surface area contributed by atoms with E-state index >= 15 is 0 Å². The summed E-state index contributed by atoms with van der Waals surface area (Å²) < 4.78 is 11.0. The van der Waals surface area contributed by atoms with Gasteiger partial charge in [0.25, 0.3) is 0 Å². The molecule has 0 saturated carbocycles. The molecular formula is C17H17NO3. The Hall–Kier alpha value is -2.33. The third-order valence-electron chi connectivity index (χ3n) is 3.68. The zero-order valence-electron chi connectivity index (χ0n) is 12.1. The molecule has 1 unspecified atom stereocenters. The van der Waals surface area contributed by atoms with Crippen molar-refractivity contribution in [3.63, 3.8) is 0 Å². The SMILES string of the molecule is CCOc1ccc(C2(OC)Nc3ccccc3C2=O)cc1. The normalized spacial score (nSPS) is 20.0. The monoisotopic (exact) mass is 283 g/mol. The molecule has 0 aromatic heterocycles. The highest BCUT2D eigenvalue weighted by molar-refractivity contribution is 6.12. The Bertz CT molecular complexity index is 666. The number of rotatable bonds is 4. The van der Waals surface area contributed by atoms with E-state index in [1.807, 2.05) is 49.4 Å². The van der Waals surface area contributed by atoms with E-state index in [4.69, 9.17) is 9.47 Å². The molecule has 21 heavy (non-hydrogen) atoms. The fourth-order valence-electron chi connectivity index (χ4n) is 2.64. The smallest absolute Gasteiger partial charge is 0.230 e. The van der Waals surface area contributed by atoms with E-state index in [1.165, 1.54) is 7.11 Å². The second kappa shape index (κ2) is 5.22. The van der Waals surface area contributed by atoms with Crippen LogP contribution in [0.25, 0.3) is 0 Å². The first kappa shape index (κ1) is 13.6. The number of hydrogen-bond acceptors (Lipinski definition) is 4. The fourth-order valence-corrected chi connectivity index (χ4v) is 2.64. The van der Waals surface area contributed by atoms with Crippen LogP contribution in [0.3, 0.4) is 0 Å². The van der Waals surface area contributed by atoms with Crippen molar-refractivity contribution in [2.75, 3.05) is 19.0 Å². The van der Waals surface area contributed by atoms with Crippen molar-refractivity contribution in [2.45, 2.75) is 12.6 Å². The zero-order valence-corrected chi connectivity index (χ0v) is 12.1. The minimum absolute atomic E-state index is 0.0789. The summed E-state index contributed by atoms with van der Waals surface area (Å²) in [5.41, 5.74) is 1.04. The van der Waals surface area contributed by atoms with Crippen LogP contribution in [0.4, 0.5) is 5.69 Å². The van der Waals surface area contributed by atoms with Crippen molar-refractivity contribution in [1.82, 2.24) is 0 Å².